The smallest absolute Gasteiger partial charge is 0.243 e. The highest BCUT2D eigenvalue weighted by Crippen LogP contribution is 2.26. The van der Waals surface area contributed by atoms with Crippen molar-refractivity contribution in [2.75, 3.05) is 26.8 Å². The third-order valence-electron chi connectivity index (χ3n) is 3.76. The molecule has 0 unspecified atom stereocenters. The Morgan fingerprint density at radius 1 is 1.25 bits per heavy atom. The number of sulfonamides is 1. The van der Waals surface area contributed by atoms with Crippen molar-refractivity contribution in [3.05, 3.63) is 28.7 Å². The van der Waals surface area contributed by atoms with Gasteiger partial charge in [-0.3, -0.25) is 0 Å². The minimum absolute atomic E-state index is 0.371. The van der Waals surface area contributed by atoms with Crippen LogP contribution >= 0.6 is 15.9 Å². The van der Waals surface area contributed by atoms with Gasteiger partial charge < -0.3 is 4.74 Å². The topological polar surface area (TPSA) is 46.6 Å². The number of halogens is 1. The van der Waals surface area contributed by atoms with E-state index in [0.717, 1.165) is 30.3 Å². The molecule has 20 heavy (non-hydrogen) atoms. The van der Waals surface area contributed by atoms with Crippen LogP contribution in [0.4, 0.5) is 0 Å². The summed E-state index contributed by atoms with van der Waals surface area (Å²) in [5.41, 5.74) is 0. The number of rotatable bonds is 5. The van der Waals surface area contributed by atoms with E-state index in [1.807, 2.05) is 0 Å². The maximum absolute atomic E-state index is 12.5. The van der Waals surface area contributed by atoms with Gasteiger partial charge >= 0.3 is 0 Å². The zero-order valence-corrected chi connectivity index (χ0v) is 14.0. The van der Waals surface area contributed by atoms with Gasteiger partial charge in [-0.25, -0.2) is 8.42 Å². The molecular formula is C14H20BrNO3S. The molecule has 6 heteroatoms. The maximum atomic E-state index is 12.5. The largest absolute Gasteiger partial charge is 0.385 e. The van der Waals surface area contributed by atoms with Crippen LogP contribution in [0.15, 0.2) is 33.6 Å². The summed E-state index contributed by atoms with van der Waals surface area (Å²) in [5, 5.41) is 0. The van der Waals surface area contributed by atoms with Crippen LogP contribution in [0.3, 0.4) is 0 Å². The number of nitrogens with zero attached hydrogens (tertiary/aromatic N) is 1. The Bertz CT molecular complexity index is 522. The molecule has 0 aromatic heterocycles. The highest BCUT2D eigenvalue weighted by atomic mass is 79.9. The van der Waals surface area contributed by atoms with Crippen molar-refractivity contribution in [1.29, 1.82) is 0 Å². The normalized spacial score (nSPS) is 18.3. The Balaban J connectivity index is 2.00. The molecule has 0 saturated carbocycles. The first-order chi connectivity index (χ1) is 9.54. The van der Waals surface area contributed by atoms with E-state index in [0.29, 0.717) is 23.9 Å². The molecule has 0 spiro atoms. The van der Waals surface area contributed by atoms with Crippen LogP contribution in [0, 0.1) is 5.92 Å². The zero-order valence-electron chi connectivity index (χ0n) is 11.6. The van der Waals surface area contributed by atoms with Crippen molar-refractivity contribution in [2.24, 2.45) is 5.92 Å². The fourth-order valence-corrected chi connectivity index (χ4v) is 4.21. The second-order valence-corrected chi connectivity index (χ2v) is 7.94. The number of methoxy groups -OCH3 is 1. The SMILES string of the molecule is COCCC1CCN(S(=O)(=O)c2ccc(Br)cc2)CC1. The molecule has 0 atom stereocenters. The van der Waals surface area contributed by atoms with Crippen LogP contribution in [0.5, 0.6) is 0 Å². The number of hydrogen-bond acceptors (Lipinski definition) is 3. The highest BCUT2D eigenvalue weighted by Gasteiger charge is 2.29. The van der Waals surface area contributed by atoms with Gasteiger partial charge in [-0.15, -0.1) is 0 Å². The fraction of sp³-hybridized carbons (Fsp3) is 0.571. The number of ether oxygens (including phenoxy) is 1. The molecule has 0 N–H and O–H groups in total. The quantitative estimate of drug-likeness (QED) is 0.809. The van der Waals surface area contributed by atoms with Crippen LogP contribution in [0.1, 0.15) is 19.3 Å². The van der Waals surface area contributed by atoms with E-state index in [4.69, 9.17) is 4.74 Å². The summed E-state index contributed by atoms with van der Waals surface area (Å²) in [4.78, 5) is 0.371. The summed E-state index contributed by atoms with van der Waals surface area (Å²) in [6.07, 6.45) is 2.85. The summed E-state index contributed by atoms with van der Waals surface area (Å²) in [5.74, 6) is 0.575. The van der Waals surface area contributed by atoms with Gasteiger partial charge in [-0.1, -0.05) is 15.9 Å². The zero-order chi connectivity index (χ0) is 14.6. The van der Waals surface area contributed by atoms with Gasteiger partial charge in [0.05, 0.1) is 4.90 Å². The van der Waals surface area contributed by atoms with Crippen LogP contribution in [0.25, 0.3) is 0 Å². The molecule has 0 amide bonds. The van der Waals surface area contributed by atoms with Gasteiger partial charge in [0.1, 0.15) is 0 Å². The van der Waals surface area contributed by atoms with Crippen molar-refractivity contribution in [1.82, 2.24) is 4.31 Å². The minimum atomic E-state index is -3.34. The lowest BCUT2D eigenvalue weighted by atomic mass is 9.95. The van der Waals surface area contributed by atoms with Crippen molar-refractivity contribution in [3.63, 3.8) is 0 Å². The van der Waals surface area contributed by atoms with Gasteiger partial charge in [-0.05, 0) is 49.4 Å². The lowest BCUT2D eigenvalue weighted by molar-refractivity contribution is 0.158. The van der Waals surface area contributed by atoms with Crippen LogP contribution in [0.2, 0.25) is 0 Å². The Morgan fingerprint density at radius 3 is 2.40 bits per heavy atom. The van der Waals surface area contributed by atoms with Crippen molar-refractivity contribution in [2.45, 2.75) is 24.2 Å². The molecule has 0 aliphatic carbocycles. The molecule has 0 bridgehead atoms. The molecule has 1 aromatic carbocycles. The van der Waals surface area contributed by atoms with Gasteiger partial charge in [0.25, 0.3) is 0 Å². The second kappa shape index (κ2) is 7.02. The van der Waals surface area contributed by atoms with E-state index < -0.39 is 10.0 Å². The van der Waals surface area contributed by atoms with Crippen LogP contribution < -0.4 is 0 Å². The number of piperidine rings is 1. The Morgan fingerprint density at radius 2 is 1.85 bits per heavy atom. The fourth-order valence-electron chi connectivity index (χ4n) is 2.48. The van der Waals surface area contributed by atoms with Gasteiger partial charge in [0.2, 0.25) is 10.0 Å². The Kier molecular flexibility index (Phi) is 5.60. The summed E-state index contributed by atoms with van der Waals surface area (Å²) in [6, 6.07) is 6.82. The number of benzene rings is 1. The summed E-state index contributed by atoms with van der Waals surface area (Å²) in [6.45, 7) is 1.96. The molecule has 0 radical (unpaired) electrons. The van der Waals surface area contributed by atoms with Crippen molar-refractivity contribution < 1.29 is 13.2 Å². The van der Waals surface area contributed by atoms with E-state index in [9.17, 15) is 8.42 Å². The molecule has 1 fully saturated rings. The van der Waals surface area contributed by atoms with Gasteiger partial charge in [0.15, 0.2) is 0 Å². The predicted octanol–water partition coefficient (Wildman–Crippen LogP) is 2.89. The third kappa shape index (κ3) is 3.81. The standard InChI is InChI=1S/C14H20BrNO3S/c1-19-11-8-12-6-9-16(10-7-12)20(17,18)14-4-2-13(15)3-5-14/h2-5,12H,6-11H2,1H3. The lowest BCUT2D eigenvalue weighted by Crippen LogP contribution is -2.38. The summed E-state index contributed by atoms with van der Waals surface area (Å²) < 4.78 is 32.6. The molecule has 2 rings (SSSR count). The maximum Gasteiger partial charge on any atom is 0.243 e. The molecule has 1 saturated heterocycles. The Labute approximate surface area is 129 Å². The number of hydrogen-bond donors (Lipinski definition) is 0. The monoisotopic (exact) mass is 361 g/mol. The average Bonchev–Trinajstić information content (AvgIpc) is 2.46. The predicted molar refractivity (Wildman–Crippen MR) is 82.1 cm³/mol. The first kappa shape index (κ1) is 15.9. The summed E-state index contributed by atoms with van der Waals surface area (Å²) in [7, 11) is -1.64. The molecule has 112 valence electrons. The molecule has 4 nitrogen and oxygen atoms in total. The van der Waals surface area contributed by atoms with Crippen LogP contribution in [-0.4, -0.2) is 39.5 Å². The second-order valence-electron chi connectivity index (χ2n) is 5.08. The van der Waals surface area contributed by atoms with E-state index in [1.165, 1.54) is 0 Å². The van der Waals surface area contributed by atoms with E-state index in [1.54, 1.807) is 35.7 Å². The third-order valence-corrected chi connectivity index (χ3v) is 6.20. The first-order valence-electron chi connectivity index (χ1n) is 6.78. The molecule has 1 aromatic rings. The van der Waals surface area contributed by atoms with Gasteiger partial charge in [-0.2, -0.15) is 4.31 Å². The highest BCUT2D eigenvalue weighted by molar-refractivity contribution is 9.10. The van der Waals surface area contributed by atoms with Crippen LogP contribution in [-0.2, 0) is 14.8 Å². The summed E-state index contributed by atoms with van der Waals surface area (Å²) >= 11 is 3.32. The first-order valence-corrected chi connectivity index (χ1v) is 9.02. The molecule has 1 heterocycles. The Hall–Kier alpha value is -0.430. The average molecular weight is 362 g/mol. The molecule has 1 aliphatic heterocycles. The van der Waals surface area contributed by atoms with Crippen molar-refractivity contribution in [3.8, 4) is 0 Å². The lowest BCUT2D eigenvalue weighted by Gasteiger charge is -2.31. The van der Waals surface area contributed by atoms with E-state index >= 15 is 0 Å². The van der Waals surface area contributed by atoms with Gasteiger partial charge in [0, 0.05) is 31.3 Å². The van der Waals surface area contributed by atoms with E-state index in [-0.39, 0.29) is 0 Å². The van der Waals surface area contributed by atoms with E-state index in [2.05, 4.69) is 15.9 Å². The molecular weight excluding hydrogens is 342 g/mol. The molecule has 1 aliphatic rings. The minimum Gasteiger partial charge on any atom is -0.385 e. The van der Waals surface area contributed by atoms with Crippen molar-refractivity contribution >= 4 is 26.0 Å².